The number of hydrogen-bond donors (Lipinski definition) is 1. The second kappa shape index (κ2) is 9.57. The van der Waals surface area contributed by atoms with Crippen molar-refractivity contribution in [2.45, 2.75) is 42.0 Å². The van der Waals surface area contributed by atoms with Crippen molar-refractivity contribution >= 4 is 60.8 Å². The number of carbonyl (C=O) groups is 3. The van der Waals surface area contributed by atoms with Crippen molar-refractivity contribution in [3.8, 4) is 0 Å². The van der Waals surface area contributed by atoms with Gasteiger partial charge in [0.25, 0.3) is 10.0 Å². The van der Waals surface area contributed by atoms with E-state index in [1.807, 2.05) is 0 Å². The van der Waals surface area contributed by atoms with Crippen LogP contribution in [0.2, 0.25) is 5.02 Å². The SMILES string of the molecule is COC(=O)C1CCCN1C(=O)CN1CCCC(NS(=O)(=O)c2cc3ccc(Cl)cc3s2)C1=O. The minimum atomic E-state index is -3.94. The molecule has 0 aliphatic carbocycles. The normalized spacial score (nSPS) is 21.6. The number of methoxy groups -OCH3 is 1. The molecule has 0 spiro atoms. The second-order valence-electron chi connectivity index (χ2n) is 8.09. The van der Waals surface area contributed by atoms with Gasteiger partial charge in [-0.05, 0) is 49.3 Å². The van der Waals surface area contributed by atoms with E-state index in [1.165, 1.54) is 16.9 Å². The van der Waals surface area contributed by atoms with E-state index in [0.717, 1.165) is 21.4 Å². The maximum atomic E-state index is 13.0. The number of amides is 2. The highest BCUT2D eigenvalue weighted by Crippen LogP contribution is 2.31. The molecule has 1 aromatic heterocycles. The van der Waals surface area contributed by atoms with Gasteiger partial charge in [0.1, 0.15) is 16.3 Å². The number of sulfonamides is 1. The summed E-state index contributed by atoms with van der Waals surface area (Å²) < 4.78 is 34.0. The number of ether oxygens (including phenoxy) is 1. The van der Waals surface area contributed by atoms with E-state index in [9.17, 15) is 22.8 Å². The molecule has 3 heterocycles. The lowest BCUT2D eigenvalue weighted by molar-refractivity contribution is -0.152. The summed E-state index contributed by atoms with van der Waals surface area (Å²) >= 11 is 7.07. The summed E-state index contributed by atoms with van der Waals surface area (Å²) in [5.41, 5.74) is 0. The van der Waals surface area contributed by atoms with E-state index < -0.39 is 34.0 Å². The molecule has 2 unspecified atom stereocenters. The first kappa shape index (κ1) is 23.9. The van der Waals surface area contributed by atoms with E-state index in [0.29, 0.717) is 43.8 Å². The fourth-order valence-corrected chi connectivity index (χ4v) is 7.18. The van der Waals surface area contributed by atoms with Gasteiger partial charge in [0.2, 0.25) is 11.8 Å². The second-order valence-corrected chi connectivity index (χ2v) is 11.6. The smallest absolute Gasteiger partial charge is 0.328 e. The number of likely N-dealkylation sites (tertiary alicyclic amines) is 2. The standard InChI is InChI=1S/C21H24ClN3O6S2/c1-31-21(28)16-5-3-9-25(16)18(26)12-24-8-2-4-15(20(24)27)23-33(29,30)19-10-13-6-7-14(22)11-17(13)32-19/h6-7,10-11,15-16,23H,2-5,8-9,12H2,1H3. The Morgan fingerprint density at radius 2 is 1.97 bits per heavy atom. The first-order valence-corrected chi connectivity index (χ1v) is 13.2. The van der Waals surface area contributed by atoms with Gasteiger partial charge in [-0.25, -0.2) is 13.2 Å². The molecule has 2 saturated heterocycles. The Balaban J connectivity index is 1.44. The molecule has 4 rings (SSSR count). The van der Waals surface area contributed by atoms with E-state index in [1.54, 1.807) is 24.3 Å². The van der Waals surface area contributed by atoms with Crippen LogP contribution >= 0.6 is 22.9 Å². The zero-order valence-corrected chi connectivity index (χ0v) is 20.3. The molecule has 0 radical (unpaired) electrons. The Kier molecular flexibility index (Phi) is 6.94. The Bertz CT molecular complexity index is 1200. The molecule has 2 aliphatic rings. The van der Waals surface area contributed by atoms with Crippen molar-refractivity contribution in [3.63, 3.8) is 0 Å². The van der Waals surface area contributed by atoms with Crippen LogP contribution in [-0.2, 0) is 29.1 Å². The Morgan fingerprint density at radius 3 is 2.73 bits per heavy atom. The summed E-state index contributed by atoms with van der Waals surface area (Å²) in [7, 11) is -2.66. The van der Waals surface area contributed by atoms with Crippen LogP contribution in [0.5, 0.6) is 0 Å². The number of carbonyl (C=O) groups excluding carboxylic acids is 3. The van der Waals surface area contributed by atoms with Gasteiger partial charge in [-0.15, -0.1) is 11.3 Å². The molecule has 9 nitrogen and oxygen atoms in total. The fourth-order valence-electron chi connectivity index (χ4n) is 4.27. The molecule has 2 amide bonds. The predicted molar refractivity (Wildman–Crippen MR) is 124 cm³/mol. The quantitative estimate of drug-likeness (QED) is 0.591. The van der Waals surface area contributed by atoms with Crippen LogP contribution in [-0.4, -0.2) is 74.8 Å². The highest BCUT2D eigenvalue weighted by atomic mass is 35.5. The molecule has 2 aliphatic heterocycles. The molecular weight excluding hydrogens is 490 g/mol. The number of rotatable bonds is 6. The topological polar surface area (TPSA) is 113 Å². The number of benzene rings is 1. The minimum Gasteiger partial charge on any atom is -0.467 e. The predicted octanol–water partition coefficient (Wildman–Crippen LogP) is 1.99. The Labute approximate surface area is 200 Å². The zero-order chi connectivity index (χ0) is 23.8. The molecule has 0 saturated carbocycles. The number of thiophene rings is 1. The van der Waals surface area contributed by atoms with Crippen molar-refractivity contribution in [2.75, 3.05) is 26.7 Å². The summed E-state index contributed by atoms with van der Waals surface area (Å²) in [6.07, 6.45) is 2.10. The van der Waals surface area contributed by atoms with Gasteiger partial charge < -0.3 is 14.5 Å². The zero-order valence-electron chi connectivity index (χ0n) is 18.0. The third-order valence-corrected chi connectivity index (χ3v) is 9.20. The molecule has 33 heavy (non-hydrogen) atoms. The van der Waals surface area contributed by atoms with Gasteiger partial charge in [0, 0.05) is 22.8 Å². The van der Waals surface area contributed by atoms with Gasteiger partial charge >= 0.3 is 5.97 Å². The first-order chi connectivity index (χ1) is 15.7. The lowest BCUT2D eigenvalue weighted by Crippen LogP contribution is -2.55. The van der Waals surface area contributed by atoms with E-state index >= 15 is 0 Å². The van der Waals surface area contributed by atoms with Crippen molar-refractivity contribution in [2.24, 2.45) is 0 Å². The summed E-state index contributed by atoms with van der Waals surface area (Å²) in [6, 6.07) is 5.07. The number of nitrogens with zero attached hydrogens (tertiary/aromatic N) is 2. The van der Waals surface area contributed by atoms with E-state index in [4.69, 9.17) is 16.3 Å². The molecule has 12 heteroatoms. The van der Waals surface area contributed by atoms with Gasteiger partial charge in [-0.1, -0.05) is 17.7 Å². The van der Waals surface area contributed by atoms with Crippen LogP contribution in [0.3, 0.4) is 0 Å². The maximum absolute atomic E-state index is 13.0. The molecule has 2 fully saturated rings. The van der Waals surface area contributed by atoms with Crippen LogP contribution in [0, 0.1) is 0 Å². The molecule has 1 N–H and O–H groups in total. The lowest BCUT2D eigenvalue weighted by Gasteiger charge is -2.33. The van der Waals surface area contributed by atoms with Crippen LogP contribution in [0.15, 0.2) is 28.5 Å². The van der Waals surface area contributed by atoms with Gasteiger partial charge in [0.05, 0.1) is 13.7 Å². The highest BCUT2D eigenvalue weighted by Gasteiger charge is 2.38. The van der Waals surface area contributed by atoms with Gasteiger partial charge in [-0.3, -0.25) is 9.59 Å². The third kappa shape index (κ3) is 5.01. The summed E-state index contributed by atoms with van der Waals surface area (Å²) in [6.45, 7) is 0.569. The Morgan fingerprint density at radius 1 is 1.21 bits per heavy atom. The number of halogens is 1. The molecule has 2 aromatic rings. The largest absolute Gasteiger partial charge is 0.467 e. The van der Waals surface area contributed by atoms with E-state index in [2.05, 4.69) is 4.72 Å². The van der Waals surface area contributed by atoms with Crippen LogP contribution < -0.4 is 4.72 Å². The van der Waals surface area contributed by atoms with Crippen molar-refractivity contribution < 1.29 is 27.5 Å². The van der Waals surface area contributed by atoms with Crippen LogP contribution in [0.1, 0.15) is 25.7 Å². The summed E-state index contributed by atoms with van der Waals surface area (Å²) in [4.78, 5) is 40.5. The minimum absolute atomic E-state index is 0.0961. The van der Waals surface area contributed by atoms with Crippen molar-refractivity contribution in [3.05, 3.63) is 29.3 Å². The monoisotopic (exact) mass is 513 g/mol. The Hall–Kier alpha value is -2.21. The van der Waals surface area contributed by atoms with E-state index in [-0.39, 0.29) is 16.7 Å². The summed E-state index contributed by atoms with van der Waals surface area (Å²) in [5.74, 6) is -1.27. The number of nitrogens with one attached hydrogen (secondary N) is 1. The van der Waals surface area contributed by atoms with Crippen molar-refractivity contribution in [1.82, 2.24) is 14.5 Å². The molecule has 2 atom stereocenters. The molecule has 1 aromatic carbocycles. The average Bonchev–Trinajstić information content (AvgIpc) is 3.43. The number of esters is 1. The number of fused-ring (bicyclic) bond motifs is 1. The van der Waals surface area contributed by atoms with Crippen molar-refractivity contribution in [1.29, 1.82) is 0 Å². The molecular formula is C21H24ClN3O6S2. The molecule has 178 valence electrons. The fraction of sp³-hybridized carbons (Fsp3) is 0.476. The van der Waals surface area contributed by atoms with Crippen LogP contribution in [0.25, 0.3) is 10.1 Å². The molecule has 0 bridgehead atoms. The lowest BCUT2D eigenvalue weighted by atomic mass is 10.1. The van der Waals surface area contributed by atoms with Gasteiger partial charge in [-0.2, -0.15) is 4.72 Å². The number of hydrogen-bond acceptors (Lipinski definition) is 7. The van der Waals surface area contributed by atoms with Crippen LogP contribution in [0.4, 0.5) is 0 Å². The summed E-state index contributed by atoms with van der Waals surface area (Å²) in [5, 5.41) is 1.26. The average molecular weight is 514 g/mol. The first-order valence-electron chi connectivity index (χ1n) is 10.6. The number of piperidine rings is 1. The maximum Gasteiger partial charge on any atom is 0.328 e. The third-order valence-electron chi connectivity index (χ3n) is 5.92. The van der Waals surface area contributed by atoms with Gasteiger partial charge in [0.15, 0.2) is 0 Å². The highest BCUT2D eigenvalue weighted by molar-refractivity contribution is 7.91.